The van der Waals surface area contributed by atoms with Crippen LogP contribution in [-0.4, -0.2) is 12.5 Å². The molecule has 0 aliphatic carbocycles. The number of hydrogen-bond acceptors (Lipinski definition) is 2. The molecular weight excluding hydrogens is 328 g/mol. The largest absolute Gasteiger partial charge is 0.324 e. The minimum Gasteiger partial charge on any atom is -0.324 e. The molecule has 2 N–H and O–H groups in total. The van der Waals surface area contributed by atoms with Gasteiger partial charge >= 0.3 is 0 Å². The molecule has 0 spiro atoms. The molecular formula is C17H17BrN2O. The molecule has 1 heterocycles. The third-order valence-corrected chi connectivity index (χ3v) is 4.91. The molecule has 1 atom stereocenters. The molecule has 4 heteroatoms. The number of hydrogen-bond donors (Lipinski definition) is 2. The molecule has 3 nitrogen and oxygen atoms in total. The fourth-order valence-electron chi connectivity index (χ4n) is 2.69. The van der Waals surface area contributed by atoms with E-state index in [1.807, 2.05) is 43.3 Å². The number of anilines is 1. The number of fused-ring (bicyclic) bond motifs is 1. The number of halogens is 1. The summed E-state index contributed by atoms with van der Waals surface area (Å²) in [5.41, 5.74) is 4.25. The van der Waals surface area contributed by atoms with Crippen molar-refractivity contribution in [1.29, 1.82) is 0 Å². The third-order valence-electron chi connectivity index (χ3n) is 3.86. The summed E-state index contributed by atoms with van der Waals surface area (Å²) < 4.78 is 0.940. The van der Waals surface area contributed by atoms with Gasteiger partial charge in [0, 0.05) is 17.6 Å². The smallest absolute Gasteiger partial charge is 0.233 e. The number of rotatable bonds is 2. The van der Waals surface area contributed by atoms with Crippen molar-refractivity contribution >= 4 is 27.5 Å². The third kappa shape index (κ3) is 2.87. The van der Waals surface area contributed by atoms with Crippen LogP contribution in [0.1, 0.15) is 22.6 Å². The Kier molecular flexibility index (Phi) is 4.08. The minimum atomic E-state index is -0.151. The quantitative estimate of drug-likeness (QED) is 0.874. The molecule has 2 aromatic carbocycles. The summed E-state index contributed by atoms with van der Waals surface area (Å²) in [6.45, 7) is 3.51. The van der Waals surface area contributed by atoms with Crippen molar-refractivity contribution in [2.45, 2.75) is 19.4 Å². The highest BCUT2D eigenvalue weighted by molar-refractivity contribution is 9.10. The zero-order valence-corrected chi connectivity index (χ0v) is 13.4. The molecule has 2 aromatic rings. The Morgan fingerprint density at radius 2 is 2.05 bits per heavy atom. The van der Waals surface area contributed by atoms with Gasteiger partial charge in [-0.05, 0) is 45.6 Å². The summed E-state index contributed by atoms with van der Waals surface area (Å²) in [7, 11) is 0. The van der Waals surface area contributed by atoms with E-state index in [9.17, 15) is 4.79 Å². The lowest BCUT2D eigenvalue weighted by Crippen LogP contribution is -2.35. The summed E-state index contributed by atoms with van der Waals surface area (Å²) in [5.74, 6) is -0.122. The van der Waals surface area contributed by atoms with E-state index in [2.05, 4.69) is 32.6 Å². The van der Waals surface area contributed by atoms with E-state index in [1.165, 1.54) is 5.56 Å². The van der Waals surface area contributed by atoms with E-state index >= 15 is 0 Å². The van der Waals surface area contributed by atoms with Gasteiger partial charge in [0.05, 0.1) is 11.6 Å². The van der Waals surface area contributed by atoms with Crippen molar-refractivity contribution in [2.24, 2.45) is 0 Å². The zero-order chi connectivity index (χ0) is 14.8. The number of benzene rings is 2. The van der Waals surface area contributed by atoms with E-state index < -0.39 is 0 Å². The van der Waals surface area contributed by atoms with Gasteiger partial charge in [-0.3, -0.25) is 4.79 Å². The van der Waals surface area contributed by atoms with Gasteiger partial charge in [0.1, 0.15) is 0 Å². The molecule has 0 saturated heterocycles. The maximum Gasteiger partial charge on any atom is 0.233 e. The number of carbonyl (C=O) groups is 1. The Hall–Kier alpha value is -1.65. The number of aryl methyl sites for hydroxylation is 1. The first-order valence-corrected chi connectivity index (χ1v) is 7.80. The second-order valence-electron chi connectivity index (χ2n) is 5.31. The molecule has 0 fully saturated rings. The molecule has 0 saturated carbocycles. The Morgan fingerprint density at radius 1 is 1.24 bits per heavy atom. The van der Waals surface area contributed by atoms with Gasteiger partial charge in [-0.25, -0.2) is 0 Å². The normalized spacial score (nSPS) is 17.1. The molecule has 1 amide bonds. The van der Waals surface area contributed by atoms with E-state index in [1.54, 1.807) is 0 Å². The van der Waals surface area contributed by atoms with Crippen LogP contribution in [0.4, 0.5) is 5.69 Å². The standard InChI is InChI=1S/C17H17BrN2O/c1-11-5-4-8-15(16(11)18)20-17(21)14-10-19-9-12-6-2-3-7-13(12)14/h2-8,14,19H,9-10H2,1H3,(H,20,21). The molecule has 3 rings (SSSR count). The van der Waals surface area contributed by atoms with Crippen LogP contribution in [0.3, 0.4) is 0 Å². The molecule has 1 aliphatic heterocycles. The van der Waals surface area contributed by atoms with Crippen molar-refractivity contribution in [2.75, 3.05) is 11.9 Å². The topological polar surface area (TPSA) is 41.1 Å². The predicted octanol–water partition coefficient (Wildman–Crippen LogP) is 3.58. The van der Waals surface area contributed by atoms with Crippen LogP contribution in [0.2, 0.25) is 0 Å². The monoisotopic (exact) mass is 344 g/mol. The second kappa shape index (κ2) is 6.00. The van der Waals surface area contributed by atoms with Crippen molar-refractivity contribution < 1.29 is 4.79 Å². The number of nitrogens with one attached hydrogen (secondary N) is 2. The van der Waals surface area contributed by atoms with Crippen LogP contribution in [0.5, 0.6) is 0 Å². The van der Waals surface area contributed by atoms with Crippen molar-refractivity contribution in [3.05, 3.63) is 63.6 Å². The molecule has 21 heavy (non-hydrogen) atoms. The zero-order valence-electron chi connectivity index (χ0n) is 11.8. The fraction of sp³-hybridized carbons (Fsp3) is 0.235. The molecule has 0 aromatic heterocycles. The first-order chi connectivity index (χ1) is 10.2. The average Bonchev–Trinajstić information content (AvgIpc) is 2.51. The molecule has 0 bridgehead atoms. The first-order valence-electron chi connectivity index (χ1n) is 7.01. The van der Waals surface area contributed by atoms with E-state index in [0.717, 1.165) is 27.8 Å². The summed E-state index contributed by atoms with van der Waals surface area (Å²) >= 11 is 3.53. The molecule has 0 radical (unpaired) electrons. The Morgan fingerprint density at radius 3 is 2.90 bits per heavy atom. The number of amides is 1. The van der Waals surface area contributed by atoms with Crippen molar-refractivity contribution in [1.82, 2.24) is 5.32 Å². The van der Waals surface area contributed by atoms with Gasteiger partial charge in [0.2, 0.25) is 5.91 Å². The van der Waals surface area contributed by atoms with E-state index in [0.29, 0.717) is 6.54 Å². The minimum absolute atomic E-state index is 0.0287. The fourth-order valence-corrected chi connectivity index (χ4v) is 3.06. The molecule has 1 aliphatic rings. The SMILES string of the molecule is Cc1cccc(NC(=O)C2CNCc3ccccc32)c1Br. The van der Waals surface area contributed by atoms with Gasteiger partial charge in [-0.15, -0.1) is 0 Å². The Balaban J connectivity index is 1.85. The van der Waals surface area contributed by atoms with Gasteiger partial charge < -0.3 is 10.6 Å². The Labute approximate surface area is 132 Å². The average molecular weight is 345 g/mol. The maximum absolute atomic E-state index is 12.6. The van der Waals surface area contributed by atoms with Crippen LogP contribution in [0.25, 0.3) is 0 Å². The van der Waals surface area contributed by atoms with Gasteiger partial charge in [-0.2, -0.15) is 0 Å². The van der Waals surface area contributed by atoms with Gasteiger partial charge in [0.15, 0.2) is 0 Å². The summed E-state index contributed by atoms with van der Waals surface area (Å²) in [5, 5.41) is 6.35. The van der Waals surface area contributed by atoms with Crippen LogP contribution in [0, 0.1) is 6.92 Å². The van der Waals surface area contributed by atoms with E-state index in [-0.39, 0.29) is 11.8 Å². The van der Waals surface area contributed by atoms with Crippen molar-refractivity contribution in [3.8, 4) is 0 Å². The van der Waals surface area contributed by atoms with Crippen LogP contribution < -0.4 is 10.6 Å². The summed E-state index contributed by atoms with van der Waals surface area (Å²) in [6, 6.07) is 14.0. The lowest BCUT2D eigenvalue weighted by Gasteiger charge is -2.25. The predicted molar refractivity (Wildman–Crippen MR) is 88.4 cm³/mol. The highest BCUT2D eigenvalue weighted by atomic mass is 79.9. The lowest BCUT2D eigenvalue weighted by atomic mass is 9.90. The number of carbonyl (C=O) groups excluding carboxylic acids is 1. The van der Waals surface area contributed by atoms with Gasteiger partial charge in [-0.1, -0.05) is 36.4 Å². The second-order valence-corrected chi connectivity index (χ2v) is 6.10. The lowest BCUT2D eigenvalue weighted by molar-refractivity contribution is -0.117. The highest BCUT2D eigenvalue weighted by Gasteiger charge is 2.26. The molecule has 1 unspecified atom stereocenters. The van der Waals surface area contributed by atoms with Crippen LogP contribution >= 0.6 is 15.9 Å². The van der Waals surface area contributed by atoms with Gasteiger partial charge in [0.25, 0.3) is 0 Å². The first kappa shape index (κ1) is 14.3. The Bertz CT molecular complexity index is 684. The van der Waals surface area contributed by atoms with Crippen molar-refractivity contribution in [3.63, 3.8) is 0 Å². The maximum atomic E-state index is 12.6. The molecule has 108 valence electrons. The highest BCUT2D eigenvalue weighted by Crippen LogP contribution is 2.29. The van der Waals surface area contributed by atoms with Crippen LogP contribution in [-0.2, 0) is 11.3 Å². The van der Waals surface area contributed by atoms with E-state index in [4.69, 9.17) is 0 Å². The van der Waals surface area contributed by atoms with Crippen LogP contribution in [0.15, 0.2) is 46.9 Å². The summed E-state index contributed by atoms with van der Waals surface area (Å²) in [6.07, 6.45) is 0. The summed E-state index contributed by atoms with van der Waals surface area (Å²) in [4.78, 5) is 12.6.